The molecule has 1 atom stereocenters. The summed E-state index contributed by atoms with van der Waals surface area (Å²) in [6, 6.07) is 3.31. The molecule has 0 bridgehead atoms. The second-order valence-corrected chi connectivity index (χ2v) is 4.26. The molecule has 6 heteroatoms. The Balaban J connectivity index is 3.34. The topological polar surface area (TPSA) is 56.5 Å². The fourth-order valence-corrected chi connectivity index (χ4v) is 1.44. The Bertz CT molecular complexity index is 561. The Morgan fingerprint density at radius 3 is 2.79 bits per heavy atom. The number of alkyl halides is 1. The highest BCUT2D eigenvalue weighted by atomic mass is 19.1. The first-order valence-corrected chi connectivity index (χ1v) is 5.93. The zero-order valence-electron chi connectivity index (χ0n) is 11.6. The molecule has 1 heterocycles. The molecule has 0 saturated heterocycles. The molecule has 1 aromatic heterocycles. The van der Waals surface area contributed by atoms with Crippen LogP contribution in [0.2, 0.25) is 0 Å². The van der Waals surface area contributed by atoms with E-state index in [0.717, 1.165) is 11.6 Å². The number of allylic oxidation sites excluding steroid dienone is 1. The van der Waals surface area contributed by atoms with Crippen LogP contribution in [0.15, 0.2) is 29.5 Å². The molecule has 0 aliphatic carbocycles. The van der Waals surface area contributed by atoms with Crippen molar-refractivity contribution in [3.63, 3.8) is 0 Å². The number of aromatic nitrogens is 2. The van der Waals surface area contributed by atoms with Gasteiger partial charge in [-0.05, 0) is 32.9 Å². The van der Waals surface area contributed by atoms with E-state index in [2.05, 4.69) is 16.7 Å². The molecule has 1 aromatic rings. The smallest absolute Gasteiger partial charge is 0.371 e. The summed E-state index contributed by atoms with van der Waals surface area (Å²) >= 11 is 0. The third-order valence-corrected chi connectivity index (χ3v) is 2.31. The molecule has 5 nitrogen and oxygen atoms in total. The maximum atomic E-state index is 14.7. The van der Waals surface area contributed by atoms with Crippen LogP contribution >= 0.6 is 0 Å². The maximum Gasteiger partial charge on any atom is 0.371 e. The maximum absolute atomic E-state index is 14.7. The molecule has 0 N–H and O–H groups in total. The van der Waals surface area contributed by atoms with E-state index in [9.17, 15) is 9.18 Å². The molecule has 0 saturated carbocycles. The van der Waals surface area contributed by atoms with Gasteiger partial charge in [-0.1, -0.05) is 6.58 Å². The lowest BCUT2D eigenvalue weighted by Gasteiger charge is -2.21. The molecule has 19 heavy (non-hydrogen) atoms. The van der Waals surface area contributed by atoms with E-state index in [4.69, 9.17) is 4.74 Å². The van der Waals surface area contributed by atoms with Gasteiger partial charge in [-0.2, -0.15) is 5.10 Å². The van der Waals surface area contributed by atoms with Crippen LogP contribution < -0.4 is 5.49 Å². The Morgan fingerprint density at radius 1 is 1.63 bits per heavy atom. The molecule has 0 aliphatic rings. The molecule has 0 amide bonds. The highest BCUT2D eigenvalue weighted by molar-refractivity contribution is 5.77. The van der Waals surface area contributed by atoms with Crippen molar-refractivity contribution in [2.45, 2.75) is 33.5 Å². The largest absolute Gasteiger partial charge is 0.428 e. The lowest BCUT2D eigenvalue weighted by molar-refractivity contribution is -0.160. The zero-order valence-corrected chi connectivity index (χ0v) is 11.6. The number of hydrogen-bond acceptors (Lipinski definition) is 4. The van der Waals surface area contributed by atoms with Crippen LogP contribution in [0.25, 0.3) is 0 Å². The number of carbonyl (C=O) groups excluding carboxylic acids is 1. The van der Waals surface area contributed by atoms with E-state index in [1.54, 1.807) is 19.1 Å². The van der Waals surface area contributed by atoms with E-state index in [0.29, 0.717) is 12.2 Å². The van der Waals surface area contributed by atoms with Gasteiger partial charge < -0.3 is 4.74 Å². The van der Waals surface area contributed by atoms with Crippen molar-refractivity contribution in [1.82, 2.24) is 9.78 Å². The van der Waals surface area contributed by atoms with Crippen molar-refractivity contribution in [3.8, 4) is 0 Å². The van der Waals surface area contributed by atoms with Gasteiger partial charge in [0, 0.05) is 13.5 Å². The Labute approximate surface area is 111 Å². The number of hydrogen-bond donors (Lipinski definition) is 0. The van der Waals surface area contributed by atoms with Gasteiger partial charge in [0.25, 0.3) is 5.79 Å². The van der Waals surface area contributed by atoms with Crippen molar-refractivity contribution < 1.29 is 13.9 Å². The first kappa shape index (κ1) is 15.1. The van der Waals surface area contributed by atoms with Crippen LogP contribution in [0.4, 0.5) is 4.39 Å². The van der Waals surface area contributed by atoms with Crippen molar-refractivity contribution >= 4 is 5.97 Å². The van der Waals surface area contributed by atoms with Gasteiger partial charge in [-0.3, -0.25) is 4.99 Å². The summed E-state index contributed by atoms with van der Waals surface area (Å²) in [4.78, 5) is 15.9. The second kappa shape index (κ2) is 5.77. The predicted octanol–water partition coefficient (Wildman–Crippen LogP) is 1.83. The van der Waals surface area contributed by atoms with Gasteiger partial charge in [0.1, 0.15) is 5.49 Å². The monoisotopic (exact) mass is 267 g/mol. The van der Waals surface area contributed by atoms with E-state index in [1.807, 2.05) is 6.92 Å². The van der Waals surface area contributed by atoms with Gasteiger partial charge in [-0.25, -0.2) is 13.9 Å². The average molecular weight is 267 g/mol. The average Bonchev–Trinajstić information content (AvgIpc) is 2.30. The standard InChI is InChI=1S/C13H18FN3O2/c1-6-15-11-8-7-10(4)16-17(11)13(5,14)12(18)19-9(2)3/h7-8H,2,6H2,1,3-5H3. The number of aryl methyl sites for hydroxylation is 1. The van der Waals surface area contributed by atoms with Gasteiger partial charge >= 0.3 is 5.97 Å². The number of halogens is 1. The summed E-state index contributed by atoms with van der Waals surface area (Å²) < 4.78 is 20.3. The molecular weight excluding hydrogens is 249 g/mol. The van der Waals surface area contributed by atoms with E-state index < -0.39 is 11.8 Å². The molecule has 0 radical (unpaired) electrons. The molecule has 1 rings (SSSR count). The van der Waals surface area contributed by atoms with Crippen LogP contribution in [-0.4, -0.2) is 22.3 Å². The van der Waals surface area contributed by atoms with Crippen molar-refractivity contribution in [2.75, 3.05) is 6.54 Å². The Kier molecular flexibility index (Phi) is 4.58. The zero-order chi connectivity index (χ0) is 14.6. The van der Waals surface area contributed by atoms with Crippen molar-refractivity contribution in [3.05, 3.63) is 35.7 Å². The molecule has 0 aliphatic heterocycles. The summed E-state index contributed by atoms with van der Waals surface area (Å²) in [5.74, 6) is -3.40. The summed E-state index contributed by atoms with van der Waals surface area (Å²) in [7, 11) is 0. The van der Waals surface area contributed by atoms with E-state index >= 15 is 0 Å². The number of rotatable bonds is 4. The van der Waals surface area contributed by atoms with Gasteiger partial charge in [-0.15, -0.1) is 0 Å². The highest BCUT2D eigenvalue weighted by Crippen LogP contribution is 2.18. The normalized spacial score (nSPS) is 14.9. The quantitative estimate of drug-likeness (QED) is 0.617. The first-order chi connectivity index (χ1) is 8.78. The van der Waals surface area contributed by atoms with Crippen LogP contribution in [0.1, 0.15) is 26.5 Å². The Morgan fingerprint density at radius 2 is 2.26 bits per heavy atom. The lowest BCUT2D eigenvalue weighted by atomic mass is 10.3. The number of nitrogens with zero attached hydrogens (tertiary/aromatic N) is 3. The van der Waals surface area contributed by atoms with Crippen LogP contribution in [0, 0.1) is 6.92 Å². The first-order valence-electron chi connectivity index (χ1n) is 5.93. The number of esters is 1. The predicted molar refractivity (Wildman–Crippen MR) is 68.7 cm³/mol. The summed E-state index contributed by atoms with van der Waals surface area (Å²) in [6.07, 6.45) is 0. The number of carbonyl (C=O) groups is 1. The molecular formula is C13H18FN3O2. The summed E-state index contributed by atoms with van der Waals surface area (Å²) in [5.41, 5.74) is 0.846. The molecule has 1 unspecified atom stereocenters. The fourth-order valence-electron chi connectivity index (χ4n) is 1.44. The van der Waals surface area contributed by atoms with Gasteiger partial charge in [0.05, 0.1) is 11.5 Å². The molecule has 0 fully saturated rings. The third kappa shape index (κ3) is 3.49. The summed E-state index contributed by atoms with van der Waals surface area (Å²) in [5, 5.41) is 4.01. The highest BCUT2D eigenvalue weighted by Gasteiger charge is 2.39. The van der Waals surface area contributed by atoms with E-state index in [-0.39, 0.29) is 11.2 Å². The fraction of sp³-hybridized carbons (Fsp3) is 0.462. The third-order valence-electron chi connectivity index (χ3n) is 2.31. The minimum atomic E-state index is -2.45. The minimum Gasteiger partial charge on any atom is -0.428 e. The molecule has 0 aromatic carbocycles. The Hall–Kier alpha value is -1.98. The number of ether oxygens (including phenoxy) is 1. The SMILES string of the molecule is C=C(C)OC(=O)C(C)(F)n1nc(C)ccc1=NCC. The van der Waals surface area contributed by atoms with Crippen LogP contribution in [-0.2, 0) is 15.3 Å². The van der Waals surface area contributed by atoms with Gasteiger partial charge in [0.2, 0.25) is 0 Å². The van der Waals surface area contributed by atoms with Crippen molar-refractivity contribution in [1.29, 1.82) is 0 Å². The van der Waals surface area contributed by atoms with Gasteiger partial charge in [0.15, 0.2) is 0 Å². The molecule has 0 spiro atoms. The molecule has 104 valence electrons. The minimum absolute atomic E-state index is 0.121. The van der Waals surface area contributed by atoms with Crippen LogP contribution in [0.3, 0.4) is 0 Å². The summed E-state index contributed by atoms with van der Waals surface area (Å²) in [6.45, 7) is 9.94. The van der Waals surface area contributed by atoms with Crippen molar-refractivity contribution in [2.24, 2.45) is 4.99 Å². The van der Waals surface area contributed by atoms with E-state index in [1.165, 1.54) is 6.92 Å². The van der Waals surface area contributed by atoms with Crippen LogP contribution in [0.5, 0.6) is 0 Å². The second-order valence-electron chi connectivity index (χ2n) is 4.26. The lowest BCUT2D eigenvalue weighted by Crippen LogP contribution is -2.44.